The van der Waals surface area contributed by atoms with Gasteiger partial charge in [-0.1, -0.05) is 47.0 Å². The number of rotatable bonds is 13. The Hall–Kier alpha value is -0.240. The van der Waals surface area contributed by atoms with Crippen molar-refractivity contribution in [1.29, 1.82) is 0 Å². The van der Waals surface area contributed by atoms with Gasteiger partial charge in [0, 0.05) is 0 Å². The number of ether oxygens (including phenoxy) is 3. The van der Waals surface area contributed by atoms with Gasteiger partial charge in [0.25, 0.3) is 0 Å². The van der Waals surface area contributed by atoms with Crippen molar-refractivity contribution in [2.45, 2.75) is 104 Å². The molecule has 3 N–H and O–H groups in total. The molecule has 0 radical (unpaired) electrons. The van der Waals surface area contributed by atoms with Crippen molar-refractivity contribution in [3.05, 3.63) is 0 Å². The third-order valence-corrected chi connectivity index (χ3v) is 12.0. The van der Waals surface area contributed by atoms with Gasteiger partial charge in [-0.15, -0.1) is 0 Å². The van der Waals surface area contributed by atoms with Gasteiger partial charge in [0.05, 0.1) is 45.2 Å². The van der Waals surface area contributed by atoms with Crippen molar-refractivity contribution in [3.63, 3.8) is 0 Å². The van der Waals surface area contributed by atoms with Gasteiger partial charge in [0.2, 0.25) is 0 Å². The molecular weight excluding hydrogens is 468 g/mol. The highest BCUT2D eigenvalue weighted by Gasteiger charge is 2.66. The van der Waals surface area contributed by atoms with E-state index in [0.717, 1.165) is 32.1 Å². The standard InChI is InChI=1S/C31H56O6/c1-5-6-7-21(2)25-8-9-26-29-27(17-23(19-35-20-34)31(25,26)4)30(3)11-10-24(36-14-12-32)16-22(30)18-28(29)37-15-13-33/h21-29,32-34H,5-20H2,1-4H3/t21-,22?,23-,24+,25-,26+,27+,28?,29?,30+,31-/m1/s1. The van der Waals surface area contributed by atoms with Crippen molar-refractivity contribution >= 4 is 0 Å². The molecule has 0 aromatic heterocycles. The first-order chi connectivity index (χ1) is 17.8. The first-order valence-electron chi connectivity index (χ1n) is 15.5. The molecule has 0 spiro atoms. The molecule has 0 amide bonds. The SMILES string of the molecule is CCCC[C@@H](C)[C@H]1CC[C@H]2C3C(OCCO)CC4C[C@@H](OCCO)CC[C@]4(C)[C@H]3C[C@H](COCO)[C@]12C. The highest BCUT2D eigenvalue weighted by atomic mass is 16.6. The molecule has 6 heteroatoms. The largest absolute Gasteiger partial charge is 0.394 e. The van der Waals surface area contributed by atoms with E-state index >= 15 is 0 Å². The molecule has 216 valence electrons. The van der Waals surface area contributed by atoms with E-state index in [2.05, 4.69) is 27.7 Å². The molecule has 0 aromatic carbocycles. The number of fused-ring (bicyclic) bond motifs is 5. The van der Waals surface area contributed by atoms with Gasteiger partial charge in [-0.25, -0.2) is 0 Å². The van der Waals surface area contributed by atoms with E-state index in [1.807, 2.05) is 0 Å². The molecule has 4 rings (SSSR count). The highest BCUT2D eigenvalue weighted by molar-refractivity contribution is 5.14. The highest BCUT2D eigenvalue weighted by Crippen LogP contribution is 2.70. The molecule has 37 heavy (non-hydrogen) atoms. The Morgan fingerprint density at radius 3 is 2.38 bits per heavy atom. The molecule has 0 aromatic rings. The minimum Gasteiger partial charge on any atom is -0.394 e. The monoisotopic (exact) mass is 524 g/mol. The number of aliphatic hydroxyl groups excluding tert-OH is 3. The Morgan fingerprint density at radius 1 is 0.919 bits per heavy atom. The molecule has 0 bridgehead atoms. The van der Waals surface area contributed by atoms with Gasteiger partial charge >= 0.3 is 0 Å². The van der Waals surface area contributed by atoms with Crippen LogP contribution in [0.5, 0.6) is 0 Å². The number of hydrogen-bond donors (Lipinski definition) is 3. The minimum absolute atomic E-state index is 0.0730. The summed E-state index contributed by atoms with van der Waals surface area (Å²) in [5.74, 6) is 4.02. The summed E-state index contributed by atoms with van der Waals surface area (Å²) in [5, 5.41) is 28.6. The lowest BCUT2D eigenvalue weighted by Crippen LogP contribution is -2.62. The fraction of sp³-hybridized carbons (Fsp3) is 1.00. The normalized spacial score (nSPS) is 44.2. The van der Waals surface area contributed by atoms with E-state index in [9.17, 15) is 15.3 Å². The second kappa shape index (κ2) is 13.0. The summed E-state index contributed by atoms with van der Waals surface area (Å²) in [6.45, 7) is 11.3. The average Bonchev–Trinajstić information content (AvgIpc) is 3.26. The van der Waals surface area contributed by atoms with Crippen LogP contribution in [0.3, 0.4) is 0 Å². The lowest BCUT2D eigenvalue weighted by Gasteiger charge is -2.65. The summed E-state index contributed by atoms with van der Waals surface area (Å²) in [4.78, 5) is 0. The molecule has 0 saturated heterocycles. The number of unbranched alkanes of at least 4 members (excludes halogenated alkanes) is 1. The van der Waals surface area contributed by atoms with E-state index in [1.165, 1.54) is 32.1 Å². The van der Waals surface area contributed by atoms with E-state index in [0.29, 0.717) is 61.2 Å². The second-order valence-corrected chi connectivity index (χ2v) is 13.5. The van der Waals surface area contributed by atoms with Gasteiger partial charge in [0.15, 0.2) is 0 Å². The van der Waals surface area contributed by atoms with Crippen LogP contribution in [0.1, 0.15) is 91.9 Å². The topological polar surface area (TPSA) is 88.4 Å². The molecule has 11 atom stereocenters. The Bertz CT molecular complexity index is 703. The Labute approximate surface area is 225 Å². The minimum atomic E-state index is -0.201. The van der Waals surface area contributed by atoms with E-state index in [1.54, 1.807) is 0 Å². The zero-order valence-electron chi connectivity index (χ0n) is 24.1. The van der Waals surface area contributed by atoms with Crippen LogP contribution in [-0.4, -0.2) is 67.4 Å². The van der Waals surface area contributed by atoms with Crippen molar-refractivity contribution in [2.24, 2.45) is 52.3 Å². The summed E-state index contributed by atoms with van der Waals surface area (Å²) >= 11 is 0. The first kappa shape index (κ1) is 29.7. The van der Waals surface area contributed by atoms with Crippen LogP contribution in [0.25, 0.3) is 0 Å². The lowest BCUT2D eigenvalue weighted by atomic mass is 9.41. The van der Waals surface area contributed by atoms with Crippen molar-refractivity contribution in [3.8, 4) is 0 Å². The molecule has 0 aliphatic heterocycles. The molecule has 0 heterocycles. The third-order valence-electron chi connectivity index (χ3n) is 12.0. The van der Waals surface area contributed by atoms with Gasteiger partial charge in [-0.3, -0.25) is 0 Å². The smallest absolute Gasteiger partial charge is 0.143 e. The first-order valence-corrected chi connectivity index (χ1v) is 15.5. The van der Waals surface area contributed by atoms with Crippen LogP contribution in [0.4, 0.5) is 0 Å². The maximum Gasteiger partial charge on any atom is 0.143 e. The van der Waals surface area contributed by atoms with Gasteiger partial charge in [-0.2, -0.15) is 0 Å². The molecule has 4 fully saturated rings. The zero-order chi connectivity index (χ0) is 26.6. The molecule has 4 aliphatic carbocycles. The van der Waals surface area contributed by atoms with Gasteiger partial charge in [-0.05, 0) is 97.2 Å². The molecule has 4 saturated carbocycles. The Morgan fingerprint density at radius 2 is 1.68 bits per heavy atom. The zero-order valence-corrected chi connectivity index (χ0v) is 24.1. The fourth-order valence-electron chi connectivity index (χ4n) is 10.2. The maximum atomic E-state index is 9.68. The Balaban J connectivity index is 1.66. The van der Waals surface area contributed by atoms with Crippen molar-refractivity contribution in [1.82, 2.24) is 0 Å². The third kappa shape index (κ3) is 5.67. The van der Waals surface area contributed by atoms with Crippen LogP contribution in [-0.2, 0) is 14.2 Å². The maximum absolute atomic E-state index is 9.68. The summed E-state index contributed by atoms with van der Waals surface area (Å²) in [6, 6.07) is 0. The van der Waals surface area contributed by atoms with Crippen LogP contribution in [0, 0.1) is 52.3 Å². The van der Waals surface area contributed by atoms with E-state index < -0.39 is 0 Å². The quantitative estimate of drug-likeness (QED) is 0.293. The summed E-state index contributed by atoms with van der Waals surface area (Å²) in [5.41, 5.74) is 0.433. The number of aliphatic hydroxyl groups is 3. The average molecular weight is 525 g/mol. The van der Waals surface area contributed by atoms with Gasteiger partial charge < -0.3 is 29.5 Å². The molecular formula is C31H56O6. The second-order valence-electron chi connectivity index (χ2n) is 13.5. The van der Waals surface area contributed by atoms with Crippen LogP contribution < -0.4 is 0 Å². The Kier molecular flexibility index (Phi) is 10.4. The predicted molar refractivity (Wildman–Crippen MR) is 145 cm³/mol. The predicted octanol–water partition coefficient (Wildman–Crippen LogP) is 5.03. The van der Waals surface area contributed by atoms with Crippen molar-refractivity contribution in [2.75, 3.05) is 39.8 Å². The summed E-state index contributed by atoms with van der Waals surface area (Å²) < 4.78 is 18.4. The van der Waals surface area contributed by atoms with Crippen LogP contribution in [0.2, 0.25) is 0 Å². The van der Waals surface area contributed by atoms with E-state index in [-0.39, 0.29) is 43.0 Å². The fourth-order valence-corrected chi connectivity index (χ4v) is 10.2. The van der Waals surface area contributed by atoms with Crippen molar-refractivity contribution < 1.29 is 29.5 Å². The summed E-state index contributed by atoms with van der Waals surface area (Å²) in [6.07, 6.45) is 12.2. The van der Waals surface area contributed by atoms with E-state index in [4.69, 9.17) is 14.2 Å². The molecule has 3 unspecified atom stereocenters. The molecule has 6 nitrogen and oxygen atoms in total. The number of hydrogen-bond acceptors (Lipinski definition) is 6. The van der Waals surface area contributed by atoms with Gasteiger partial charge in [0.1, 0.15) is 6.79 Å². The summed E-state index contributed by atoms with van der Waals surface area (Å²) in [7, 11) is 0. The molecule has 4 aliphatic rings. The van der Waals surface area contributed by atoms with Crippen LogP contribution >= 0.6 is 0 Å². The lowest BCUT2D eigenvalue weighted by molar-refractivity contribution is -0.215. The van der Waals surface area contributed by atoms with Crippen LogP contribution in [0.15, 0.2) is 0 Å².